The largest absolute Gasteiger partial charge is 0.371 e. The highest BCUT2D eigenvalue weighted by Gasteiger charge is 2.15. The Kier molecular flexibility index (Phi) is 5.48. The molecule has 0 amide bonds. The van der Waals surface area contributed by atoms with Crippen molar-refractivity contribution < 1.29 is 9.13 Å². The maximum atomic E-state index is 13.0. The molecule has 0 radical (unpaired) electrons. The molecular weight excluding hydrogens is 341 g/mol. The van der Waals surface area contributed by atoms with Crippen molar-refractivity contribution in [2.45, 2.75) is 6.10 Å². The molecule has 25 heavy (non-hydrogen) atoms. The molecule has 130 valence electrons. The van der Waals surface area contributed by atoms with Crippen LogP contribution < -0.4 is 5.32 Å². The molecule has 4 nitrogen and oxygen atoms in total. The first-order valence-electron chi connectivity index (χ1n) is 8.03. The molecule has 1 atom stereocenters. The van der Waals surface area contributed by atoms with Gasteiger partial charge in [0.2, 0.25) is 0 Å². The molecule has 3 aromatic rings. The van der Waals surface area contributed by atoms with Gasteiger partial charge in [0, 0.05) is 18.7 Å². The van der Waals surface area contributed by atoms with E-state index in [1.165, 1.54) is 17.7 Å². The topological polar surface area (TPSA) is 49.9 Å². The van der Waals surface area contributed by atoms with E-state index in [-0.39, 0.29) is 24.3 Å². The van der Waals surface area contributed by atoms with E-state index in [0.29, 0.717) is 0 Å². The molecule has 1 fully saturated rings. The van der Waals surface area contributed by atoms with E-state index in [9.17, 15) is 4.39 Å². The third kappa shape index (κ3) is 3.90. The van der Waals surface area contributed by atoms with Crippen molar-refractivity contribution in [3.63, 3.8) is 0 Å². The van der Waals surface area contributed by atoms with E-state index in [0.717, 1.165) is 42.2 Å². The summed E-state index contributed by atoms with van der Waals surface area (Å²) in [6.07, 6.45) is 0.113. The quantitative estimate of drug-likeness (QED) is 0.744. The lowest BCUT2D eigenvalue weighted by molar-refractivity contribution is 0.0277. The number of hydrogen-bond donors (Lipinski definition) is 2. The van der Waals surface area contributed by atoms with Gasteiger partial charge < -0.3 is 10.1 Å². The second-order valence-corrected chi connectivity index (χ2v) is 5.86. The molecule has 1 saturated heterocycles. The van der Waals surface area contributed by atoms with Gasteiger partial charge in [-0.25, -0.2) is 4.39 Å². The molecule has 6 heteroatoms. The van der Waals surface area contributed by atoms with Gasteiger partial charge in [-0.2, -0.15) is 5.10 Å². The lowest BCUT2D eigenvalue weighted by atomic mass is 10.0. The molecule has 4 rings (SSSR count). The second-order valence-electron chi connectivity index (χ2n) is 5.86. The Morgan fingerprint density at radius 2 is 1.72 bits per heavy atom. The zero-order chi connectivity index (χ0) is 16.4. The van der Waals surface area contributed by atoms with Gasteiger partial charge in [-0.05, 0) is 41.5 Å². The summed E-state index contributed by atoms with van der Waals surface area (Å²) in [6.45, 7) is 2.50. The summed E-state index contributed by atoms with van der Waals surface area (Å²) in [5.41, 5.74) is 4.85. The molecule has 0 bridgehead atoms. The normalized spacial score (nSPS) is 17.1. The van der Waals surface area contributed by atoms with Crippen molar-refractivity contribution in [3.8, 4) is 22.5 Å². The third-order valence-electron chi connectivity index (χ3n) is 4.24. The summed E-state index contributed by atoms with van der Waals surface area (Å²) in [5.74, 6) is -0.242. The number of nitrogens with one attached hydrogen (secondary N) is 2. The van der Waals surface area contributed by atoms with Crippen LogP contribution in [0.3, 0.4) is 0 Å². The minimum atomic E-state index is -0.242. The minimum absolute atomic E-state index is 0. The number of H-pyrrole nitrogens is 1. The van der Waals surface area contributed by atoms with Gasteiger partial charge in [-0.3, -0.25) is 5.10 Å². The van der Waals surface area contributed by atoms with Crippen molar-refractivity contribution in [2.75, 3.05) is 19.7 Å². The van der Waals surface area contributed by atoms with Gasteiger partial charge in [0.1, 0.15) is 5.82 Å². The SMILES string of the molecule is Cl.Fc1ccc(-c2cc(-c3ccc(C4CNCCO4)cc3)n[nH]2)cc1. The van der Waals surface area contributed by atoms with Crippen molar-refractivity contribution in [1.29, 1.82) is 0 Å². The highest BCUT2D eigenvalue weighted by atomic mass is 35.5. The molecule has 2 aromatic carbocycles. The number of nitrogens with zero attached hydrogens (tertiary/aromatic N) is 1. The lowest BCUT2D eigenvalue weighted by Gasteiger charge is -2.24. The standard InChI is InChI=1S/C19H18FN3O.ClH/c20-16-7-5-14(6-8-16)18-11-17(22-23-18)13-1-3-15(4-2-13)19-12-21-9-10-24-19;/h1-8,11,19,21H,9-10,12H2,(H,22,23);1H. The van der Waals surface area contributed by atoms with Crippen LogP contribution in [0.25, 0.3) is 22.5 Å². The third-order valence-corrected chi connectivity index (χ3v) is 4.24. The second kappa shape index (κ2) is 7.78. The highest BCUT2D eigenvalue weighted by Crippen LogP contribution is 2.26. The Morgan fingerprint density at radius 1 is 1.00 bits per heavy atom. The van der Waals surface area contributed by atoms with Crippen LogP contribution in [0.15, 0.2) is 54.6 Å². The Morgan fingerprint density at radius 3 is 2.40 bits per heavy atom. The number of aromatic nitrogens is 2. The van der Waals surface area contributed by atoms with Crippen molar-refractivity contribution in [3.05, 3.63) is 66.0 Å². The average molecular weight is 360 g/mol. The fraction of sp³-hybridized carbons (Fsp3) is 0.211. The fourth-order valence-electron chi connectivity index (χ4n) is 2.89. The van der Waals surface area contributed by atoms with Crippen molar-refractivity contribution in [2.24, 2.45) is 0 Å². The molecule has 2 N–H and O–H groups in total. The Labute approximate surface area is 151 Å². The van der Waals surface area contributed by atoms with Crippen LogP contribution in [0.5, 0.6) is 0 Å². The number of halogens is 2. The van der Waals surface area contributed by atoms with Crippen LogP contribution in [0.2, 0.25) is 0 Å². The molecule has 1 unspecified atom stereocenters. The summed E-state index contributed by atoms with van der Waals surface area (Å²) in [7, 11) is 0. The van der Waals surface area contributed by atoms with Gasteiger partial charge in [0.05, 0.1) is 24.1 Å². The summed E-state index contributed by atoms with van der Waals surface area (Å²) in [5, 5.41) is 10.7. The Balaban J connectivity index is 0.00000182. The zero-order valence-electron chi connectivity index (χ0n) is 13.5. The van der Waals surface area contributed by atoms with E-state index >= 15 is 0 Å². The van der Waals surface area contributed by atoms with E-state index in [1.807, 2.05) is 6.07 Å². The zero-order valence-corrected chi connectivity index (χ0v) is 14.4. The predicted molar refractivity (Wildman–Crippen MR) is 98.2 cm³/mol. The van der Waals surface area contributed by atoms with Crippen LogP contribution in [-0.2, 0) is 4.74 Å². The van der Waals surface area contributed by atoms with Crippen LogP contribution >= 0.6 is 12.4 Å². The molecule has 1 aromatic heterocycles. The number of benzene rings is 2. The molecule has 0 spiro atoms. The minimum Gasteiger partial charge on any atom is -0.371 e. The number of hydrogen-bond acceptors (Lipinski definition) is 3. The summed E-state index contributed by atoms with van der Waals surface area (Å²) in [6, 6.07) is 16.6. The number of ether oxygens (including phenoxy) is 1. The Hall–Kier alpha value is -2.21. The van der Waals surface area contributed by atoms with Crippen LogP contribution in [0.4, 0.5) is 4.39 Å². The maximum Gasteiger partial charge on any atom is 0.123 e. The van der Waals surface area contributed by atoms with Crippen LogP contribution in [-0.4, -0.2) is 29.9 Å². The van der Waals surface area contributed by atoms with Crippen LogP contribution in [0.1, 0.15) is 11.7 Å². The molecule has 2 heterocycles. The van der Waals surface area contributed by atoms with E-state index in [4.69, 9.17) is 4.74 Å². The summed E-state index contributed by atoms with van der Waals surface area (Å²) in [4.78, 5) is 0. The predicted octanol–water partition coefficient (Wildman–Crippen LogP) is 3.97. The smallest absolute Gasteiger partial charge is 0.123 e. The molecule has 1 aliphatic rings. The van der Waals surface area contributed by atoms with Gasteiger partial charge in [0.25, 0.3) is 0 Å². The highest BCUT2D eigenvalue weighted by molar-refractivity contribution is 5.85. The van der Waals surface area contributed by atoms with E-state index < -0.39 is 0 Å². The summed E-state index contributed by atoms with van der Waals surface area (Å²) >= 11 is 0. The molecular formula is C19H19ClFN3O. The van der Waals surface area contributed by atoms with Gasteiger partial charge >= 0.3 is 0 Å². The Bertz CT molecular complexity index is 811. The van der Waals surface area contributed by atoms with Gasteiger partial charge in [0.15, 0.2) is 0 Å². The van der Waals surface area contributed by atoms with E-state index in [2.05, 4.69) is 39.8 Å². The fourth-order valence-corrected chi connectivity index (χ4v) is 2.89. The molecule has 0 saturated carbocycles. The first-order chi connectivity index (χ1) is 11.8. The van der Waals surface area contributed by atoms with E-state index in [1.54, 1.807) is 12.1 Å². The number of morpholine rings is 1. The van der Waals surface area contributed by atoms with Gasteiger partial charge in [-0.1, -0.05) is 24.3 Å². The maximum absolute atomic E-state index is 13.0. The molecule has 1 aliphatic heterocycles. The lowest BCUT2D eigenvalue weighted by Crippen LogP contribution is -2.33. The van der Waals surface area contributed by atoms with Crippen LogP contribution in [0, 0.1) is 5.82 Å². The van der Waals surface area contributed by atoms with Crippen molar-refractivity contribution in [1.82, 2.24) is 15.5 Å². The number of aromatic amines is 1. The first kappa shape index (κ1) is 17.6. The first-order valence-corrected chi connectivity index (χ1v) is 8.03. The number of rotatable bonds is 3. The average Bonchev–Trinajstić information content (AvgIpc) is 3.13. The monoisotopic (exact) mass is 359 g/mol. The van der Waals surface area contributed by atoms with Crippen molar-refractivity contribution >= 4 is 12.4 Å². The molecule has 0 aliphatic carbocycles. The van der Waals surface area contributed by atoms with Gasteiger partial charge in [-0.15, -0.1) is 12.4 Å². The summed E-state index contributed by atoms with van der Waals surface area (Å²) < 4.78 is 18.8.